The van der Waals surface area contributed by atoms with E-state index in [0.717, 1.165) is 39.5 Å². The standard InChI is InChI=1S/C23H25N3O3/c1-15-10-11-16(2)21(12-15)24-22(27)14-29-23(28)13-20-17(3)25-26(18(20)4)19-8-6-5-7-9-19/h5-12H,13-14H2,1-4H3,(H,24,27). The van der Waals surface area contributed by atoms with E-state index in [-0.39, 0.29) is 18.9 Å². The third-order valence-electron chi connectivity index (χ3n) is 4.79. The maximum absolute atomic E-state index is 12.3. The van der Waals surface area contributed by atoms with Crippen molar-refractivity contribution in [1.82, 2.24) is 9.78 Å². The molecule has 0 unspecified atom stereocenters. The average molecular weight is 391 g/mol. The molecule has 6 heteroatoms. The van der Waals surface area contributed by atoms with Crippen molar-refractivity contribution < 1.29 is 14.3 Å². The molecule has 0 saturated heterocycles. The number of nitrogens with one attached hydrogen (secondary N) is 1. The molecule has 1 heterocycles. The molecule has 3 aromatic rings. The number of esters is 1. The molecular formula is C23H25N3O3. The van der Waals surface area contributed by atoms with Gasteiger partial charge in [0.2, 0.25) is 0 Å². The molecule has 0 aliphatic carbocycles. The van der Waals surface area contributed by atoms with Gasteiger partial charge < -0.3 is 10.1 Å². The minimum Gasteiger partial charge on any atom is -0.455 e. The van der Waals surface area contributed by atoms with Crippen LogP contribution in [-0.2, 0) is 20.7 Å². The van der Waals surface area contributed by atoms with Crippen molar-refractivity contribution in [2.75, 3.05) is 11.9 Å². The van der Waals surface area contributed by atoms with Crippen LogP contribution >= 0.6 is 0 Å². The molecule has 29 heavy (non-hydrogen) atoms. The summed E-state index contributed by atoms with van der Waals surface area (Å²) in [4.78, 5) is 24.5. The van der Waals surface area contributed by atoms with Gasteiger partial charge in [-0.1, -0.05) is 30.3 Å². The number of aromatic nitrogens is 2. The van der Waals surface area contributed by atoms with Crippen LogP contribution < -0.4 is 5.32 Å². The zero-order valence-electron chi connectivity index (χ0n) is 17.2. The van der Waals surface area contributed by atoms with Crippen LogP contribution in [0.25, 0.3) is 5.69 Å². The van der Waals surface area contributed by atoms with Crippen molar-refractivity contribution in [3.05, 3.63) is 76.6 Å². The molecule has 1 amide bonds. The number of hydrogen-bond acceptors (Lipinski definition) is 4. The first kappa shape index (κ1) is 20.3. The first-order valence-electron chi connectivity index (χ1n) is 9.48. The number of ether oxygens (including phenoxy) is 1. The SMILES string of the molecule is Cc1ccc(C)c(NC(=O)COC(=O)Cc2c(C)nn(-c3ccccc3)c2C)c1. The van der Waals surface area contributed by atoms with Crippen LogP contribution in [0.3, 0.4) is 0 Å². The van der Waals surface area contributed by atoms with E-state index in [4.69, 9.17) is 4.74 Å². The second kappa shape index (κ2) is 8.73. The number of nitrogens with zero attached hydrogens (tertiary/aromatic N) is 2. The first-order valence-corrected chi connectivity index (χ1v) is 9.48. The minimum atomic E-state index is -0.458. The number of anilines is 1. The van der Waals surface area contributed by atoms with Gasteiger partial charge in [0.15, 0.2) is 6.61 Å². The number of benzene rings is 2. The predicted molar refractivity (Wildman–Crippen MR) is 112 cm³/mol. The molecule has 0 radical (unpaired) electrons. The molecule has 2 aromatic carbocycles. The summed E-state index contributed by atoms with van der Waals surface area (Å²) < 4.78 is 7.00. The maximum Gasteiger partial charge on any atom is 0.310 e. The number of hydrogen-bond donors (Lipinski definition) is 1. The summed E-state index contributed by atoms with van der Waals surface area (Å²) in [5.74, 6) is -0.819. The Morgan fingerprint density at radius 3 is 2.48 bits per heavy atom. The average Bonchev–Trinajstić information content (AvgIpc) is 2.98. The predicted octanol–water partition coefficient (Wildman–Crippen LogP) is 3.83. The quantitative estimate of drug-likeness (QED) is 0.648. The number of carbonyl (C=O) groups is 2. The van der Waals surface area contributed by atoms with Crippen LogP contribution in [0.15, 0.2) is 48.5 Å². The van der Waals surface area contributed by atoms with Crippen molar-refractivity contribution in [1.29, 1.82) is 0 Å². The Kier molecular flexibility index (Phi) is 6.12. The highest BCUT2D eigenvalue weighted by atomic mass is 16.5. The Labute approximate surface area is 170 Å². The fraction of sp³-hybridized carbons (Fsp3) is 0.261. The largest absolute Gasteiger partial charge is 0.455 e. The summed E-state index contributed by atoms with van der Waals surface area (Å²) in [6.07, 6.45) is 0.0707. The van der Waals surface area contributed by atoms with E-state index < -0.39 is 5.97 Å². The molecule has 0 aliphatic heterocycles. The summed E-state index contributed by atoms with van der Waals surface area (Å²) in [5, 5.41) is 7.32. The van der Waals surface area contributed by atoms with E-state index in [1.54, 1.807) is 0 Å². The topological polar surface area (TPSA) is 73.2 Å². The molecule has 1 N–H and O–H groups in total. The molecule has 1 aromatic heterocycles. The lowest BCUT2D eigenvalue weighted by Gasteiger charge is -2.10. The van der Waals surface area contributed by atoms with Crippen LogP contribution in [-0.4, -0.2) is 28.3 Å². The Morgan fingerprint density at radius 1 is 1.03 bits per heavy atom. The fourth-order valence-electron chi connectivity index (χ4n) is 3.15. The van der Waals surface area contributed by atoms with Crippen molar-refractivity contribution in [3.8, 4) is 5.69 Å². The zero-order chi connectivity index (χ0) is 21.0. The molecule has 150 valence electrons. The van der Waals surface area contributed by atoms with Crippen LogP contribution in [0.2, 0.25) is 0 Å². The molecular weight excluding hydrogens is 366 g/mol. The van der Waals surface area contributed by atoms with Crippen LogP contribution in [0, 0.1) is 27.7 Å². The number of para-hydroxylation sites is 1. The van der Waals surface area contributed by atoms with Gasteiger partial charge in [0.05, 0.1) is 17.8 Å². The first-order chi connectivity index (χ1) is 13.8. The Bertz CT molecular complexity index is 1040. The van der Waals surface area contributed by atoms with E-state index >= 15 is 0 Å². The molecule has 3 rings (SSSR count). The molecule has 0 fully saturated rings. The van der Waals surface area contributed by atoms with Gasteiger partial charge in [-0.3, -0.25) is 9.59 Å². The van der Waals surface area contributed by atoms with E-state index in [0.29, 0.717) is 0 Å². The van der Waals surface area contributed by atoms with Crippen LogP contribution in [0.4, 0.5) is 5.69 Å². The van der Waals surface area contributed by atoms with E-state index in [1.165, 1.54) is 0 Å². The zero-order valence-corrected chi connectivity index (χ0v) is 17.2. The third kappa shape index (κ3) is 4.90. The second-order valence-electron chi connectivity index (χ2n) is 7.10. The maximum atomic E-state index is 12.3. The van der Waals surface area contributed by atoms with Gasteiger partial charge in [-0.25, -0.2) is 4.68 Å². The number of amides is 1. The molecule has 0 saturated carbocycles. The van der Waals surface area contributed by atoms with Crippen molar-refractivity contribution >= 4 is 17.6 Å². The molecule has 6 nitrogen and oxygen atoms in total. The van der Waals surface area contributed by atoms with E-state index in [2.05, 4.69) is 10.4 Å². The van der Waals surface area contributed by atoms with Gasteiger partial charge >= 0.3 is 5.97 Å². The van der Waals surface area contributed by atoms with Gasteiger partial charge in [-0.15, -0.1) is 0 Å². The summed E-state index contributed by atoms with van der Waals surface area (Å²) in [7, 11) is 0. The highest BCUT2D eigenvalue weighted by molar-refractivity contribution is 5.93. The number of carbonyl (C=O) groups excluding carboxylic acids is 2. The van der Waals surface area contributed by atoms with Gasteiger partial charge in [-0.05, 0) is 57.0 Å². The van der Waals surface area contributed by atoms with Crippen molar-refractivity contribution in [2.45, 2.75) is 34.1 Å². The van der Waals surface area contributed by atoms with Crippen LogP contribution in [0.5, 0.6) is 0 Å². The third-order valence-corrected chi connectivity index (χ3v) is 4.79. The minimum absolute atomic E-state index is 0.0707. The van der Waals surface area contributed by atoms with Crippen molar-refractivity contribution in [3.63, 3.8) is 0 Å². The second-order valence-corrected chi connectivity index (χ2v) is 7.10. The summed E-state index contributed by atoms with van der Waals surface area (Å²) in [5.41, 5.74) is 6.11. The monoisotopic (exact) mass is 391 g/mol. The van der Waals surface area contributed by atoms with Crippen LogP contribution in [0.1, 0.15) is 28.1 Å². The van der Waals surface area contributed by atoms with E-state index in [9.17, 15) is 9.59 Å². The van der Waals surface area contributed by atoms with Gasteiger partial charge in [0.1, 0.15) is 0 Å². The smallest absolute Gasteiger partial charge is 0.310 e. The van der Waals surface area contributed by atoms with Crippen molar-refractivity contribution in [2.24, 2.45) is 0 Å². The lowest BCUT2D eigenvalue weighted by Crippen LogP contribution is -2.22. The highest BCUT2D eigenvalue weighted by Crippen LogP contribution is 2.19. The molecule has 0 bridgehead atoms. The van der Waals surface area contributed by atoms with Gasteiger partial charge in [-0.2, -0.15) is 5.10 Å². The lowest BCUT2D eigenvalue weighted by atomic mass is 10.1. The Morgan fingerprint density at radius 2 is 1.76 bits per heavy atom. The Hall–Kier alpha value is -3.41. The lowest BCUT2D eigenvalue weighted by molar-refractivity contribution is -0.146. The summed E-state index contributed by atoms with van der Waals surface area (Å²) in [6, 6.07) is 15.5. The molecule has 0 atom stereocenters. The molecule has 0 spiro atoms. The number of rotatable bonds is 6. The fourth-order valence-corrected chi connectivity index (χ4v) is 3.15. The van der Waals surface area contributed by atoms with Gasteiger partial charge in [0, 0.05) is 16.9 Å². The highest BCUT2D eigenvalue weighted by Gasteiger charge is 2.17. The van der Waals surface area contributed by atoms with E-state index in [1.807, 2.05) is 80.9 Å². The number of aryl methyl sites for hydroxylation is 3. The summed E-state index contributed by atoms with van der Waals surface area (Å²) >= 11 is 0. The normalized spacial score (nSPS) is 10.6. The summed E-state index contributed by atoms with van der Waals surface area (Å²) in [6.45, 7) is 7.33. The Balaban J connectivity index is 1.60. The van der Waals surface area contributed by atoms with Gasteiger partial charge in [0.25, 0.3) is 5.91 Å². The molecule has 0 aliphatic rings.